The van der Waals surface area contributed by atoms with E-state index in [1.807, 2.05) is 0 Å². The van der Waals surface area contributed by atoms with Crippen molar-refractivity contribution in [1.82, 2.24) is 4.98 Å². The molecule has 0 spiro atoms. The van der Waals surface area contributed by atoms with Crippen LogP contribution in [0.5, 0.6) is 0 Å². The highest BCUT2D eigenvalue weighted by atomic mass is 19.4. The second kappa shape index (κ2) is 4.11. The first-order valence-electron chi connectivity index (χ1n) is 3.97. The largest absolute Gasteiger partial charge is 0.433 e. The van der Waals surface area contributed by atoms with Gasteiger partial charge in [0.05, 0.1) is 0 Å². The smallest absolute Gasteiger partial charge is 0.238 e. The highest BCUT2D eigenvalue weighted by Gasteiger charge is 2.41. The van der Waals surface area contributed by atoms with Gasteiger partial charge in [-0.3, -0.25) is 0 Å². The molecular formula is C8H3F8N. The topological polar surface area (TPSA) is 12.9 Å². The monoisotopic (exact) mass is 265 g/mol. The molecule has 1 aromatic rings. The minimum Gasteiger partial charge on any atom is -0.238 e. The molecule has 0 saturated carbocycles. The second-order valence-electron chi connectivity index (χ2n) is 2.93. The highest BCUT2D eigenvalue weighted by molar-refractivity contribution is 5.27. The third-order valence-electron chi connectivity index (χ3n) is 1.72. The van der Waals surface area contributed by atoms with Crippen molar-refractivity contribution in [2.45, 2.75) is 18.8 Å². The van der Waals surface area contributed by atoms with Crippen LogP contribution in [0.15, 0.2) is 12.1 Å². The Morgan fingerprint density at radius 3 is 1.76 bits per heavy atom. The molecule has 0 atom stereocenters. The van der Waals surface area contributed by atoms with Crippen molar-refractivity contribution in [3.05, 3.63) is 29.1 Å². The lowest BCUT2D eigenvalue weighted by atomic mass is 10.1. The summed E-state index contributed by atoms with van der Waals surface area (Å²) in [6.07, 6.45) is -14.0. The lowest BCUT2D eigenvalue weighted by molar-refractivity contribution is -0.151. The molecule has 0 aromatic carbocycles. The number of hydrogen-bond donors (Lipinski definition) is 0. The fraction of sp³-hybridized carbons (Fsp3) is 0.375. The Balaban J connectivity index is 3.41. The zero-order chi connectivity index (χ0) is 13.4. The van der Waals surface area contributed by atoms with Crippen LogP contribution < -0.4 is 0 Å². The molecule has 0 bridgehead atoms. The van der Waals surface area contributed by atoms with Crippen molar-refractivity contribution < 1.29 is 35.1 Å². The first-order valence-corrected chi connectivity index (χ1v) is 3.97. The fourth-order valence-corrected chi connectivity index (χ4v) is 1.03. The summed E-state index contributed by atoms with van der Waals surface area (Å²) in [5.41, 5.74) is -5.66. The van der Waals surface area contributed by atoms with Crippen LogP contribution in [0, 0.1) is 0 Å². The molecule has 0 fully saturated rings. The molecule has 1 rings (SSSR count). The van der Waals surface area contributed by atoms with Crippen molar-refractivity contribution >= 4 is 0 Å². The Bertz CT molecular complexity index is 405. The lowest BCUT2D eigenvalue weighted by Gasteiger charge is -2.13. The van der Waals surface area contributed by atoms with Gasteiger partial charge in [0, 0.05) is 5.56 Å². The van der Waals surface area contributed by atoms with Crippen molar-refractivity contribution in [2.75, 3.05) is 0 Å². The zero-order valence-corrected chi connectivity index (χ0v) is 7.70. The van der Waals surface area contributed by atoms with E-state index in [1.165, 1.54) is 0 Å². The molecule has 1 aromatic heterocycles. The van der Waals surface area contributed by atoms with Crippen LogP contribution in [-0.4, -0.2) is 4.98 Å². The summed E-state index contributed by atoms with van der Waals surface area (Å²) in [6.45, 7) is 0. The van der Waals surface area contributed by atoms with Crippen molar-refractivity contribution in [2.24, 2.45) is 0 Å². The molecule has 0 aliphatic carbocycles. The van der Waals surface area contributed by atoms with Gasteiger partial charge in [0.15, 0.2) is 5.69 Å². The Hall–Kier alpha value is -1.41. The number of rotatable bonds is 1. The number of halogens is 8. The van der Waals surface area contributed by atoms with Gasteiger partial charge < -0.3 is 0 Å². The van der Waals surface area contributed by atoms with Crippen LogP contribution in [0.3, 0.4) is 0 Å². The first kappa shape index (κ1) is 13.7. The number of aromatic nitrogens is 1. The number of nitrogens with zero attached hydrogens (tertiary/aromatic N) is 1. The number of pyridine rings is 1. The van der Waals surface area contributed by atoms with Gasteiger partial charge in [-0.25, -0.2) is 13.8 Å². The van der Waals surface area contributed by atoms with Crippen molar-refractivity contribution in [1.29, 1.82) is 0 Å². The molecule has 96 valence electrons. The van der Waals surface area contributed by atoms with E-state index in [2.05, 4.69) is 4.98 Å². The molecule has 0 radical (unpaired) electrons. The first-order chi connectivity index (χ1) is 7.53. The predicted molar refractivity (Wildman–Crippen MR) is 39.2 cm³/mol. The summed E-state index contributed by atoms with van der Waals surface area (Å²) in [6, 6.07) is 0.153. The van der Waals surface area contributed by atoms with Crippen LogP contribution >= 0.6 is 0 Å². The van der Waals surface area contributed by atoms with Crippen LogP contribution in [0.25, 0.3) is 0 Å². The molecule has 0 amide bonds. The van der Waals surface area contributed by atoms with E-state index < -0.39 is 35.7 Å². The maximum atomic E-state index is 12.2. The summed E-state index contributed by atoms with van der Waals surface area (Å²) in [5.74, 6) is 0. The van der Waals surface area contributed by atoms with E-state index in [4.69, 9.17) is 0 Å². The molecule has 0 aliphatic heterocycles. The van der Waals surface area contributed by atoms with Crippen molar-refractivity contribution in [3.8, 4) is 0 Å². The Morgan fingerprint density at radius 2 is 1.41 bits per heavy atom. The zero-order valence-electron chi connectivity index (χ0n) is 7.70. The van der Waals surface area contributed by atoms with Gasteiger partial charge >= 0.3 is 12.4 Å². The highest BCUT2D eigenvalue weighted by Crippen LogP contribution is 2.37. The van der Waals surface area contributed by atoms with Gasteiger partial charge in [0.2, 0.25) is 0 Å². The normalized spacial score (nSPS) is 13.2. The summed E-state index contributed by atoms with van der Waals surface area (Å²) in [4.78, 5) is 2.21. The van der Waals surface area contributed by atoms with Gasteiger partial charge in [0.25, 0.3) is 6.43 Å². The van der Waals surface area contributed by atoms with Crippen LogP contribution in [0.1, 0.15) is 23.4 Å². The minimum absolute atomic E-state index is 0.0727. The molecule has 0 unspecified atom stereocenters. The molecule has 1 heterocycles. The van der Waals surface area contributed by atoms with E-state index >= 15 is 0 Å². The van der Waals surface area contributed by atoms with Gasteiger partial charge in [-0.05, 0) is 12.1 Å². The van der Waals surface area contributed by atoms with Gasteiger partial charge in [0.1, 0.15) is 5.69 Å². The predicted octanol–water partition coefficient (Wildman–Crippen LogP) is 4.06. The van der Waals surface area contributed by atoms with E-state index in [0.29, 0.717) is 0 Å². The second-order valence-corrected chi connectivity index (χ2v) is 2.93. The van der Waals surface area contributed by atoms with E-state index in [1.54, 1.807) is 0 Å². The fourth-order valence-electron chi connectivity index (χ4n) is 1.03. The SMILES string of the molecule is FC(F)c1ccc(C(F)(F)F)nc1C(F)(F)F. The summed E-state index contributed by atoms with van der Waals surface area (Å²) in [5, 5.41) is 0. The Morgan fingerprint density at radius 1 is 0.882 bits per heavy atom. The molecule has 0 saturated heterocycles. The third-order valence-corrected chi connectivity index (χ3v) is 1.72. The minimum atomic E-state index is -5.37. The van der Waals surface area contributed by atoms with Crippen LogP contribution in [0.2, 0.25) is 0 Å². The quantitative estimate of drug-likeness (QED) is 0.698. The average Bonchev–Trinajstić information content (AvgIpc) is 2.14. The molecule has 0 aliphatic rings. The Kier molecular flexibility index (Phi) is 3.30. The Labute approximate surface area is 89.1 Å². The maximum absolute atomic E-state index is 12.2. The molecule has 0 N–H and O–H groups in total. The number of hydrogen-bond acceptors (Lipinski definition) is 1. The summed E-state index contributed by atoms with van der Waals surface area (Å²) < 4.78 is 97.2. The maximum Gasteiger partial charge on any atom is 0.433 e. The van der Waals surface area contributed by atoms with E-state index in [0.717, 1.165) is 0 Å². The van der Waals surface area contributed by atoms with Gasteiger partial charge in [-0.1, -0.05) is 0 Å². The lowest BCUT2D eigenvalue weighted by Crippen LogP contribution is -2.17. The van der Waals surface area contributed by atoms with Gasteiger partial charge in [-0.15, -0.1) is 0 Å². The molecule has 17 heavy (non-hydrogen) atoms. The molecular weight excluding hydrogens is 262 g/mol. The number of alkyl halides is 8. The van der Waals surface area contributed by atoms with Crippen LogP contribution in [0.4, 0.5) is 35.1 Å². The molecule has 9 heteroatoms. The standard InChI is InChI=1S/C8H3F8N/c9-6(10)3-1-2-4(7(11,12)13)17-5(3)8(14,15)16/h1-2,6H. The third kappa shape index (κ3) is 3.04. The molecule has 1 nitrogen and oxygen atoms in total. The van der Waals surface area contributed by atoms with Crippen molar-refractivity contribution in [3.63, 3.8) is 0 Å². The summed E-state index contributed by atoms with van der Waals surface area (Å²) >= 11 is 0. The summed E-state index contributed by atoms with van der Waals surface area (Å²) in [7, 11) is 0. The van der Waals surface area contributed by atoms with E-state index in [9.17, 15) is 35.1 Å². The van der Waals surface area contributed by atoms with E-state index in [-0.39, 0.29) is 12.1 Å². The average molecular weight is 265 g/mol. The van der Waals surface area contributed by atoms with Gasteiger partial charge in [-0.2, -0.15) is 26.3 Å². The van der Waals surface area contributed by atoms with Crippen LogP contribution in [-0.2, 0) is 12.4 Å².